The highest BCUT2D eigenvalue weighted by atomic mass is 16.2. The van der Waals surface area contributed by atoms with Crippen molar-refractivity contribution in [3.8, 4) is 0 Å². The summed E-state index contributed by atoms with van der Waals surface area (Å²) in [6.45, 7) is 5.31. The predicted octanol–water partition coefficient (Wildman–Crippen LogP) is 1.69. The molecule has 3 heteroatoms. The molecule has 0 radical (unpaired) electrons. The van der Waals surface area contributed by atoms with Crippen molar-refractivity contribution >= 4 is 5.91 Å². The molecule has 3 rings (SSSR count). The molecule has 1 N–H and O–H groups in total. The second-order valence-corrected chi connectivity index (χ2v) is 5.77. The van der Waals surface area contributed by atoms with Gasteiger partial charge in [0.25, 0.3) is 0 Å². The predicted molar refractivity (Wildman–Crippen MR) is 75.8 cm³/mol. The van der Waals surface area contributed by atoms with Gasteiger partial charge in [-0.3, -0.25) is 4.79 Å². The Balaban J connectivity index is 1.70. The third kappa shape index (κ3) is 2.39. The Morgan fingerprint density at radius 1 is 1.32 bits per heavy atom. The Hall–Kier alpha value is -1.35. The summed E-state index contributed by atoms with van der Waals surface area (Å²) in [6.07, 6.45) is 1.62. The van der Waals surface area contributed by atoms with Crippen LogP contribution in [0.3, 0.4) is 0 Å². The van der Waals surface area contributed by atoms with Crippen molar-refractivity contribution < 1.29 is 4.79 Å². The number of amides is 1. The van der Waals surface area contributed by atoms with Gasteiger partial charge in [0.05, 0.1) is 6.42 Å². The SMILES string of the molecule is CCC1C2CNCC2CN1C(=O)Cc1ccccc1. The topological polar surface area (TPSA) is 32.3 Å². The Morgan fingerprint density at radius 3 is 2.84 bits per heavy atom. The van der Waals surface area contributed by atoms with E-state index in [1.807, 2.05) is 30.3 Å². The fourth-order valence-corrected chi connectivity index (χ4v) is 3.70. The van der Waals surface area contributed by atoms with Crippen LogP contribution in [0.15, 0.2) is 30.3 Å². The van der Waals surface area contributed by atoms with Crippen LogP contribution in [0.1, 0.15) is 18.9 Å². The number of benzene rings is 1. The molecule has 2 saturated heterocycles. The lowest BCUT2D eigenvalue weighted by atomic mass is 9.93. The van der Waals surface area contributed by atoms with Crippen LogP contribution in [0.4, 0.5) is 0 Å². The van der Waals surface area contributed by atoms with E-state index in [1.54, 1.807) is 0 Å². The van der Waals surface area contributed by atoms with Crippen LogP contribution in [-0.4, -0.2) is 36.5 Å². The first kappa shape index (κ1) is 12.7. The van der Waals surface area contributed by atoms with E-state index in [4.69, 9.17) is 0 Å². The van der Waals surface area contributed by atoms with Crippen molar-refractivity contribution in [2.45, 2.75) is 25.8 Å². The molecular weight excluding hydrogens is 236 g/mol. The van der Waals surface area contributed by atoms with Crippen molar-refractivity contribution in [1.29, 1.82) is 0 Å². The quantitative estimate of drug-likeness (QED) is 0.895. The minimum atomic E-state index is 0.299. The second-order valence-electron chi connectivity index (χ2n) is 5.77. The van der Waals surface area contributed by atoms with Crippen molar-refractivity contribution in [3.63, 3.8) is 0 Å². The lowest BCUT2D eigenvalue weighted by Crippen LogP contribution is -2.40. The zero-order valence-electron chi connectivity index (χ0n) is 11.5. The van der Waals surface area contributed by atoms with Gasteiger partial charge in [0.2, 0.25) is 5.91 Å². The zero-order chi connectivity index (χ0) is 13.2. The fourth-order valence-electron chi connectivity index (χ4n) is 3.70. The van der Waals surface area contributed by atoms with Crippen LogP contribution in [0.5, 0.6) is 0 Å². The molecule has 2 aliphatic heterocycles. The number of nitrogens with zero attached hydrogens (tertiary/aromatic N) is 1. The van der Waals surface area contributed by atoms with Crippen LogP contribution >= 0.6 is 0 Å². The van der Waals surface area contributed by atoms with E-state index >= 15 is 0 Å². The molecule has 0 aromatic heterocycles. The summed E-state index contributed by atoms with van der Waals surface area (Å²) in [6, 6.07) is 10.5. The van der Waals surface area contributed by atoms with E-state index in [1.165, 1.54) is 0 Å². The molecule has 3 unspecified atom stereocenters. The third-order valence-corrected chi connectivity index (χ3v) is 4.65. The van der Waals surface area contributed by atoms with E-state index < -0.39 is 0 Å². The van der Waals surface area contributed by atoms with Crippen LogP contribution in [0, 0.1) is 11.8 Å². The normalized spacial score (nSPS) is 29.5. The molecule has 3 nitrogen and oxygen atoms in total. The summed E-state index contributed by atoms with van der Waals surface area (Å²) in [5.74, 6) is 1.64. The third-order valence-electron chi connectivity index (χ3n) is 4.65. The lowest BCUT2D eigenvalue weighted by Gasteiger charge is -2.27. The van der Waals surface area contributed by atoms with Gasteiger partial charge in [-0.2, -0.15) is 0 Å². The van der Waals surface area contributed by atoms with Gasteiger partial charge in [-0.05, 0) is 23.8 Å². The molecule has 3 atom stereocenters. The van der Waals surface area contributed by atoms with Crippen molar-refractivity contribution in [1.82, 2.24) is 10.2 Å². The highest BCUT2D eigenvalue weighted by molar-refractivity contribution is 5.79. The summed E-state index contributed by atoms with van der Waals surface area (Å²) in [7, 11) is 0. The van der Waals surface area contributed by atoms with Crippen LogP contribution in [-0.2, 0) is 11.2 Å². The van der Waals surface area contributed by atoms with Gasteiger partial charge >= 0.3 is 0 Å². The Morgan fingerprint density at radius 2 is 2.11 bits per heavy atom. The smallest absolute Gasteiger partial charge is 0.227 e. The van der Waals surface area contributed by atoms with Crippen molar-refractivity contribution in [2.24, 2.45) is 11.8 Å². The zero-order valence-corrected chi connectivity index (χ0v) is 11.5. The molecule has 0 spiro atoms. The molecule has 19 heavy (non-hydrogen) atoms. The van der Waals surface area contributed by atoms with Gasteiger partial charge in [0.1, 0.15) is 0 Å². The van der Waals surface area contributed by atoms with Crippen LogP contribution < -0.4 is 5.32 Å². The van der Waals surface area contributed by atoms with Gasteiger partial charge in [-0.15, -0.1) is 0 Å². The van der Waals surface area contributed by atoms with Crippen molar-refractivity contribution in [2.75, 3.05) is 19.6 Å². The number of carbonyl (C=O) groups excluding carboxylic acids is 1. The van der Waals surface area contributed by atoms with Crippen molar-refractivity contribution in [3.05, 3.63) is 35.9 Å². The molecule has 0 aliphatic carbocycles. The lowest BCUT2D eigenvalue weighted by molar-refractivity contribution is -0.131. The molecule has 1 aromatic carbocycles. The highest BCUT2D eigenvalue weighted by Crippen LogP contribution is 2.34. The monoisotopic (exact) mass is 258 g/mol. The average molecular weight is 258 g/mol. The summed E-state index contributed by atoms with van der Waals surface area (Å²) in [5.41, 5.74) is 1.12. The molecule has 102 valence electrons. The molecule has 2 aliphatic rings. The molecule has 2 fully saturated rings. The fraction of sp³-hybridized carbons (Fsp3) is 0.562. The molecule has 1 amide bonds. The Labute approximate surface area is 115 Å². The maximum absolute atomic E-state index is 12.5. The Kier molecular flexibility index (Phi) is 3.56. The van der Waals surface area contributed by atoms with E-state index in [0.717, 1.165) is 31.6 Å². The largest absolute Gasteiger partial charge is 0.339 e. The van der Waals surface area contributed by atoms with E-state index in [9.17, 15) is 4.79 Å². The molecular formula is C16H22N2O. The summed E-state index contributed by atoms with van der Waals surface area (Å²) in [4.78, 5) is 14.7. The molecule has 1 aromatic rings. The first-order valence-corrected chi connectivity index (χ1v) is 7.33. The summed E-state index contributed by atoms with van der Waals surface area (Å²) < 4.78 is 0. The van der Waals surface area contributed by atoms with Gasteiger partial charge in [0.15, 0.2) is 0 Å². The molecule has 2 heterocycles. The second kappa shape index (κ2) is 5.33. The number of rotatable bonds is 3. The van der Waals surface area contributed by atoms with E-state index in [2.05, 4.69) is 17.1 Å². The number of carbonyl (C=O) groups is 1. The van der Waals surface area contributed by atoms with Gasteiger partial charge < -0.3 is 10.2 Å². The van der Waals surface area contributed by atoms with Gasteiger partial charge in [0, 0.05) is 25.7 Å². The van der Waals surface area contributed by atoms with E-state index in [0.29, 0.717) is 30.2 Å². The number of hydrogen-bond donors (Lipinski definition) is 1. The van der Waals surface area contributed by atoms with Gasteiger partial charge in [-0.1, -0.05) is 37.3 Å². The maximum Gasteiger partial charge on any atom is 0.227 e. The first-order chi connectivity index (χ1) is 9.29. The molecule has 0 bridgehead atoms. The standard InChI is InChI=1S/C16H22N2O/c1-2-15-14-10-17-9-13(14)11-18(15)16(19)8-12-6-4-3-5-7-12/h3-7,13-15,17H,2,8-11H2,1H3. The summed E-state index contributed by atoms with van der Waals surface area (Å²) in [5, 5.41) is 3.46. The minimum absolute atomic E-state index is 0.299. The van der Waals surface area contributed by atoms with Crippen LogP contribution in [0.25, 0.3) is 0 Å². The number of hydrogen-bond acceptors (Lipinski definition) is 2. The van der Waals surface area contributed by atoms with Gasteiger partial charge in [-0.25, -0.2) is 0 Å². The first-order valence-electron chi connectivity index (χ1n) is 7.33. The van der Waals surface area contributed by atoms with E-state index in [-0.39, 0.29) is 0 Å². The average Bonchev–Trinajstić information content (AvgIpc) is 2.99. The van der Waals surface area contributed by atoms with Crippen LogP contribution in [0.2, 0.25) is 0 Å². The maximum atomic E-state index is 12.5. The summed E-state index contributed by atoms with van der Waals surface area (Å²) >= 11 is 0. The Bertz CT molecular complexity index is 445. The number of nitrogens with one attached hydrogen (secondary N) is 1. The number of likely N-dealkylation sites (tertiary alicyclic amines) is 1. The highest BCUT2D eigenvalue weighted by Gasteiger charge is 2.44. The minimum Gasteiger partial charge on any atom is -0.339 e. The molecule has 0 saturated carbocycles. The number of fused-ring (bicyclic) bond motifs is 1.